The van der Waals surface area contributed by atoms with Gasteiger partial charge in [-0.15, -0.1) is 0 Å². The quantitative estimate of drug-likeness (QED) is 0.858. The number of oxazole rings is 1. The second-order valence-corrected chi connectivity index (χ2v) is 5.64. The van der Waals surface area contributed by atoms with Crippen LogP contribution in [0.5, 0.6) is 0 Å². The van der Waals surface area contributed by atoms with E-state index in [4.69, 9.17) is 4.42 Å². The molecular weight excluding hydrogens is 220 g/mol. The maximum atomic E-state index is 5.29. The van der Waals surface area contributed by atoms with Crippen molar-refractivity contribution in [3.05, 3.63) is 12.5 Å². The van der Waals surface area contributed by atoms with Crippen molar-refractivity contribution in [2.75, 3.05) is 6.54 Å². The van der Waals surface area contributed by atoms with Crippen molar-refractivity contribution in [1.82, 2.24) is 10.3 Å². The van der Waals surface area contributed by atoms with Crippen molar-refractivity contribution < 1.29 is 4.42 Å². The molecule has 0 saturated heterocycles. The smallest absolute Gasteiger partial charge is 0.255 e. The van der Waals surface area contributed by atoms with E-state index < -0.39 is 0 Å². The highest BCUT2D eigenvalue weighted by Crippen LogP contribution is 2.38. The lowest BCUT2D eigenvalue weighted by Crippen LogP contribution is -2.33. The van der Waals surface area contributed by atoms with E-state index in [1.807, 2.05) is 0 Å². The van der Waals surface area contributed by atoms with E-state index in [2.05, 4.69) is 24.1 Å². The predicted molar refractivity (Wildman–Crippen MR) is 66.6 cm³/mol. The molecule has 0 aliphatic heterocycles. The highest BCUT2D eigenvalue weighted by atomic mass is 32.2. The monoisotopic (exact) mass is 240 g/mol. The second-order valence-electron chi connectivity index (χ2n) is 4.45. The van der Waals surface area contributed by atoms with Crippen LogP contribution < -0.4 is 5.32 Å². The number of hydrogen-bond acceptors (Lipinski definition) is 4. The van der Waals surface area contributed by atoms with Crippen LogP contribution in [0.25, 0.3) is 0 Å². The number of hydrogen-bond donors (Lipinski definition) is 1. The molecule has 1 aliphatic rings. The highest BCUT2D eigenvalue weighted by molar-refractivity contribution is 7.99. The molecule has 0 aromatic carbocycles. The Morgan fingerprint density at radius 3 is 3.12 bits per heavy atom. The molecule has 1 aromatic heterocycles. The number of thioether (sulfide) groups is 1. The molecule has 1 saturated carbocycles. The molecule has 2 rings (SSSR count). The fraction of sp³-hybridized carbons (Fsp3) is 0.750. The van der Waals surface area contributed by atoms with Crippen molar-refractivity contribution in [3.63, 3.8) is 0 Å². The first kappa shape index (κ1) is 12.0. The van der Waals surface area contributed by atoms with Gasteiger partial charge in [0.05, 0.1) is 6.20 Å². The van der Waals surface area contributed by atoms with Crippen LogP contribution >= 0.6 is 11.8 Å². The van der Waals surface area contributed by atoms with E-state index in [1.54, 1.807) is 24.2 Å². The van der Waals surface area contributed by atoms with Crippen LogP contribution in [-0.2, 0) is 0 Å². The molecule has 0 radical (unpaired) electrons. The average Bonchev–Trinajstić information content (AvgIpc) is 2.89. The van der Waals surface area contributed by atoms with Crippen LogP contribution in [0.4, 0.5) is 0 Å². The highest BCUT2D eigenvalue weighted by Gasteiger charge is 2.33. The number of nitrogens with zero attached hydrogens (tertiary/aromatic N) is 1. The number of aromatic nitrogens is 1. The van der Waals surface area contributed by atoms with Crippen molar-refractivity contribution in [1.29, 1.82) is 0 Å². The van der Waals surface area contributed by atoms with Gasteiger partial charge in [-0.1, -0.05) is 25.6 Å². The molecule has 3 nitrogen and oxygen atoms in total. The molecule has 0 spiro atoms. The second kappa shape index (κ2) is 5.73. The summed E-state index contributed by atoms with van der Waals surface area (Å²) in [6, 6.07) is 0.674. The van der Waals surface area contributed by atoms with Gasteiger partial charge >= 0.3 is 0 Å². The third-order valence-electron chi connectivity index (χ3n) is 3.30. The summed E-state index contributed by atoms with van der Waals surface area (Å²) >= 11 is 1.79. The van der Waals surface area contributed by atoms with Crippen molar-refractivity contribution in [2.45, 2.75) is 49.6 Å². The van der Waals surface area contributed by atoms with Crippen LogP contribution in [0.2, 0.25) is 0 Å². The fourth-order valence-electron chi connectivity index (χ4n) is 2.31. The molecule has 90 valence electrons. The summed E-state index contributed by atoms with van der Waals surface area (Å²) in [7, 11) is 0. The molecule has 3 unspecified atom stereocenters. The molecule has 1 N–H and O–H groups in total. The Hall–Kier alpha value is -0.480. The zero-order valence-electron chi connectivity index (χ0n) is 9.98. The van der Waals surface area contributed by atoms with Crippen molar-refractivity contribution >= 4 is 11.8 Å². The van der Waals surface area contributed by atoms with E-state index in [-0.39, 0.29) is 0 Å². The molecule has 16 heavy (non-hydrogen) atoms. The minimum Gasteiger partial charge on any atom is -0.440 e. The Labute approximate surface area is 101 Å². The van der Waals surface area contributed by atoms with Gasteiger partial charge in [0.1, 0.15) is 6.26 Å². The van der Waals surface area contributed by atoms with Crippen LogP contribution in [0.1, 0.15) is 33.1 Å². The van der Waals surface area contributed by atoms with Gasteiger partial charge in [0.15, 0.2) is 0 Å². The number of rotatable bonds is 5. The first-order chi connectivity index (χ1) is 7.81. The van der Waals surface area contributed by atoms with Crippen LogP contribution in [0, 0.1) is 5.92 Å². The molecule has 1 heterocycles. The fourth-order valence-corrected chi connectivity index (χ4v) is 3.46. The van der Waals surface area contributed by atoms with Gasteiger partial charge in [-0.25, -0.2) is 4.98 Å². The maximum absolute atomic E-state index is 5.29. The minimum absolute atomic E-state index is 0.646. The van der Waals surface area contributed by atoms with Gasteiger partial charge in [-0.2, -0.15) is 0 Å². The number of nitrogens with one attached hydrogen (secondary N) is 1. The van der Waals surface area contributed by atoms with Gasteiger partial charge in [-0.05, 0) is 31.7 Å². The lowest BCUT2D eigenvalue weighted by Gasteiger charge is -2.20. The summed E-state index contributed by atoms with van der Waals surface area (Å²) in [5, 5.41) is 5.09. The third-order valence-corrected chi connectivity index (χ3v) is 4.67. The molecular formula is C12H20N2OS. The van der Waals surface area contributed by atoms with E-state index in [1.165, 1.54) is 19.3 Å². The topological polar surface area (TPSA) is 38.1 Å². The molecule has 0 amide bonds. The molecule has 0 bridgehead atoms. The summed E-state index contributed by atoms with van der Waals surface area (Å²) in [6.45, 7) is 5.68. The molecule has 3 atom stereocenters. The zero-order valence-corrected chi connectivity index (χ0v) is 10.8. The summed E-state index contributed by atoms with van der Waals surface area (Å²) < 4.78 is 5.29. The van der Waals surface area contributed by atoms with Crippen molar-refractivity contribution in [2.24, 2.45) is 5.92 Å². The van der Waals surface area contributed by atoms with Gasteiger partial charge < -0.3 is 9.73 Å². The Balaban J connectivity index is 1.84. The first-order valence-corrected chi connectivity index (χ1v) is 6.98. The van der Waals surface area contributed by atoms with Gasteiger partial charge in [0.2, 0.25) is 0 Å². The van der Waals surface area contributed by atoms with Crippen LogP contribution in [0.15, 0.2) is 22.1 Å². The Kier molecular flexibility index (Phi) is 4.29. The Morgan fingerprint density at radius 2 is 2.44 bits per heavy atom. The normalized spacial score (nSPS) is 29.8. The first-order valence-electron chi connectivity index (χ1n) is 6.10. The molecule has 1 aliphatic carbocycles. The van der Waals surface area contributed by atoms with Gasteiger partial charge in [0.25, 0.3) is 5.22 Å². The zero-order chi connectivity index (χ0) is 11.4. The van der Waals surface area contributed by atoms with Crippen LogP contribution in [-0.4, -0.2) is 22.8 Å². The summed E-state index contributed by atoms with van der Waals surface area (Å²) in [4.78, 5) is 4.18. The molecule has 1 aromatic rings. The van der Waals surface area contributed by atoms with E-state index >= 15 is 0 Å². The summed E-state index contributed by atoms with van der Waals surface area (Å²) in [5.74, 6) is 0.698. The predicted octanol–water partition coefficient (Wildman–Crippen LogP) is 2.93. The lowest BCUT2D eigenvalue weighted by molar-refractivity contribution is 0.426. The minimum atomic E-state index is 0.646. The third kappa shape index (κ3) is 2.80. The molecule has 4 heteroatoms. The van der Waals surface area contributed by atoms with E-state index in [9.17, 15) is 0 Å². The maximum Gasteiger partial charge on any atom is 0.255 e. The summed E-state index contributed by atoms with van der Waals surface area (Å²) in [5.41, 5.74) is 0. The Morgan fingerprint density at radius 1 is 1.56 bits per heavy atom. The Bertz CT molecular complexity index is 302. The van der Waals surface area contributed by atoms with Gasteiger partial charge in [0, 0.05) is 11.3 Å². The lowest BCUT2D eigenvalue weighted by atomic mass is 10.1. The SMILES string of the molecule is CCCNC1CCC(Sc2ncco2)C1C. The van der Waals surface area contributed by atoms with Crippen molar-refractivity contribution in [3.8, 4) is 0 Å². The van der Waals surface area contributed by atoms with E-state index in [0.29, 0.717) is 17.2 Å². The van der Waals surface area contributed by atoms with Crippen LogP contribution in [0.3, 0.4) is 0 Å². The van der Waals surface area contributed by atoms with E-state index in [0.717, 1.165) is 11.8 Å². The average molecular weight is 240 g/mol. The largest absolute Gasteiger partial charge is 0.440 e. The summed E-state index contributed by atoms with van der Waals surface area (Å²) in [6.07, 6.45) is 7.11. The van der Waals surface area contributed by atoms with Gasteiger partial charge in [-0.3, -0.25) is 0 Å². The standard InChI is InChI=1S/C12H20N2OS/c1-3-6-13-10-4-5-11(9(10)2)16-12-14-7-8-15-12/h7-11,13H,3-6H2,1-2H3. The molecule has 1 fully saturated rings.